The van der Waals surface area contributed by atoms with Crippen molar-refractivity contribution in [1.29, 1.82) is 0 Å². The summed E-state index contributed by atoms with van der Waals surface area (Å²) in [6.07, 6.45) is 6.78. The number of carbonyl (C=O) groups is 1. The Balaban J connectivity index is 1.96. The van der Waals surface area contributed by atoms with Gasteiger partial charge < -0.3 is 9.67 Å². The summed E-state index contributed by atoms with van der Waals surface area (Å²) >= 11 is 0. The topological polar surface area (TPSA) is 85.8 Å². The van der Waals surface area contributed by atoms with E-state index in [0.717, 1.165) is 16.8 Å². The molecule has 0 amide bonds. The summed E-state index contributed by atoms with van der Waals surface area (Å²) in [6, 6.07) is 3.44. The van der Waals surface area contributed by atoms with Gasteiger partial charge in [0.1, 0.15) is 11.4 Å². The second kappa shape index (κ2) is 4.86. The molecule has 0 aliphatic heterocycles. The Labute approximate surface area is 120 Å². The van der Waals surface area contributed by atoms with Crippen LogP contribution in [0.1, 0.15) is 10.5 Å². The van der Waals surface area contributed by atoms with Crippen molar-refractivity contribution in [2.45, 2.75) is 0 Å². The van der Waals surface area contributed by atoms with Gasteiger partial charge in [0.15, 0.2) is 5.82 Å². The maximum absolute atomic E-state index is 11.1. The number of hydrogen-bond acceptors (Lipinski definition) is 4. The highest BCUT2D eigenvalue weighted by Gasteiger charge is 2.12. The maximum Gasteiger partial charge on any atom is 0.352 e. The van der Waals surface area contributed by atoms with Crippen molar-refractivity contribution >= 4 is 5.97 Å². The van der Waals surface area contributed by atoms with Gasteiger partial charge in [0.2, 0.25) is 0 Å². The predicted molar refractivity (Wildman–Crippen MR) is 75.6 cm³/mol. The second-order valence-corrected chi connectivity index (χ2v) is 4.67. The Hall–Kier alpha value is -2.96. The molecule has 7 nitrogen and oxygen atoms in total. The molecule has 1 N–H and O–H groups in total. The number of carboxylic acid groups (broad SMARTS) is 1. The third kappa shape index (κ3) is 2.29. The van der Waals surface area contributed by atoms with Gasteiger partial charge in [-0.05, 0) is 12.1 Å². The molecule has 3 aromatic heterocycles. The SMILES string of the molecule is Cn1cc(-c2cnc(-c3ccnn3C)nc2)cc1C(=O)O. The van der Waals surface area contributed by atoms with E-state index >= 15 is 0 Å². The van der Waals surface area contributed by atoms with Crippen LogP contribution in [0.25, 0.3) is 22.6 Å². The number of hydrogen-bond donors (Lipinski definition) is 1. The van der Waals surface area contributed by atoms with Crippen molar-refractivity contribution in [3.63, 3.8) is 0 Å². The van der Waals surface area contributed by atoms with Gasteiger partial charge in [0.05, 0.1) is 0 Å². The van der Waals surface area contributed by atoms with Crippen LogP contribution in [0.15, 0.2) is 36.9 Å². The molecule has 3 heterocycles. The predicted octanol–water partition coefficient (Wildman–Crippen LogP) is 1.58. The van der Waals surface area contributed by atoms with Crippen LogP contribution in [0, 0.1) is 0 Å². The first kappa shape index (κ1) is 13.0. The van der Waals surface area contributed by atoms with Crippen LogP contribution < -0.4 is 0 Å². The van der Waals surface area contributed by atoms with Gasteiger partial charge in [0, 0.05) is 50.0 Å². The lowest BCUT2D eigenvalue weighted by molar-refractivity contribution is 0.0686. The Morgan fingerprint density at radius 2 is 1.90 bits per heavy atom. The Morgan fingerprint density at radius 3 is 2.43 bits per heavy atom. The summed E-state index contributed by atoms with van der Waals surface area (Å²) in [5, 5.41) is 13.1. The first-order chi connectivity index (χ1) is 10.1. The van der Waals surface area contributed by atoms with Crippen molar-refractivity contribution in [3.05, 3.63) is 42.6 Å². The van der Waals surface area contributed by atoms with Crippen molar-refractivity contribution < 1.29 is 9.90 Å². The summed E-state index contributed by atoms with van der Waals surface area (Å²) in [5.41, 5.74) is 2.58. The van der Waals surface area contributed by atoms with Crippen LogP contribution in [0.3, 0.4) is 0 Å². The lowest BCUT2D eigenvalue weighted by Gasteiger charge is -2.01. The number of aryl methyl sites for hydroxylation is 2. The minimum absolute atomic E-state index is 0.223. The molecule has 0 saturated heterocycles. The van der Waals surface area contributed by atoms with Crippen LogP contribution in [0.5, 0.6) is 0 Å². The summed E-state index contributed by atoms with van der Waals surface area (Å²) in [7, 11) is 3.51. The maximum atomic E-state index is 11.1. The fourth-order valence-corrected chi connectivity index (χ4v) is 2.14. The zero-order chi connectivity index (χ0) is 15.0. The summed E-state index contributed by atoms with van der Waals surface area (Å²) in [4.78, 5) is 19.7. The number of aromatic carboxylic acids is 1. The Bertz CT molecular complexity index is 801. The minimum atomic E-state index is -0.962. The Morgan fingerprint density at radius 1 is 1.19 bits per heavy atom. The van der Waals surface area contributed by atoms with E-state index in [1.54, 1.807) is 47.2 Å². The van der Waals surface area contributed by atoms with Crippen LogP contribution >= 0.6 is 0 Å². The molecule has 0 aliphatic rings. The van der Waals surface area contributed by atoms with Gasteiger partial charge in [-0.2, -0.15) is 5.10 Å². The molecule has 0 saturated carbocycles. The largest absolute Gasteiger partial charge is 0.477 e. The van der Waals surface area contributed by atoms with Crippen molar-refractivity contribution in [3.8, 4) is 22.6 Å². The second-order valence-electron chi connectivity index (χ2n) is 4.67. The average Bonchev–Trinajstić information content (AvgIpc) is 3.05. The van der Waals surface area contributed by atoms with Crippen molar-refractivity contribution in [2.75, 3.05) is 0 Å². The third-order valence-electron chi connectivity index (χ3n) is 3.26. The monoisotopic (exact) mass is 283 g/mol. The third-order valence-corrected chi connectivity index (χ3v) is 3.26. The van der Waals surface area contributed by atoms with E-state index in [0.29, 0.717) is 5.82 Å². The summed E-state index contributed by atoms with van der Waals surface area (Å²) in [5.74, 6) is -0.385. The van der Waals surface area contributed by atoms with Crippen LogP contribution in [-0.2, 0) is 14.1 Å². The van der Waals surface area contributed by atoms with Crippen LogP contribution in [0.4, 0.5) is 0 Å². The smallest absolute Gasteiger partial charge is 0.352 e. The zero-order valence-corrected chi connectivity index (χ0v) is 11.6. The van der Waals surface area contributed by atoms with E-state index in [-0.39, 0.29) is 5.69 Å². The van der Waals surface area contributed by atoms with Gasteiger partial charge in [-0.1, -0.05) is 0 Å². The quantitative estimate of drug-likeness (QED) is 0.788. The molecule has 3 aromatic rings. The number of rotatable bonds is 3. The molecule has 0 bridgehead atoms. The van der Waals surface area contributed by atoms with Gasteiger partial charge in [-0.3, -0.25) is 4.68 Å². The Kier molecular flexibility index (Phi) is 3.02. The van der Waals surface area contributed by atoms with Gasteiger partial charge in [0.25, 0.3) is 0 Å². The van der Waals surface area contributed by atoms with Crippen LogP contribution in [0.2, 0.25) is 0 Å². The van der Waals surface area contributed by atoms with E-state index < -0.39 is 5.97 Å². The van der Waals surface area contributed by atoms with Gasteiger partial charge >= 0.3 is 5.97 Å². The molecule has 106 valence electrons. The lowest BCUT2D eigenvalue weighted by atomic mass is 10.2. The first-order valence-corrected chi connectivity index (χ1v) is 6.26. The minimum Gasteiger partial charge on any atom is -0.477 e. The van der Waals surface area contributed by atoms with Gasteiger partial charge in [-0.15, -0.1) is 0 Å². The van der Waals surface area contributed by atoms with E-state index in [9.17, 15) is 4.79 Å². The first-order valence-electron chi connectivity index (χ1n) is 6.26. The standard InChI is InChI=1S/C14H13N5O2/c1-18-8-9(5-12(18)14(20)21)10-6-15-13(16-7-10)11-3-4-17-19(11)2/h3-8H,1-2H3,(H,20,21). The van der Waals surface area contributed by atoms with E-state index in [2.05, 4.69) is 15.1 Å². The lowest BCUT2D eigenvalue weighted by Crippen LogP contribution is -2.02. The number of aromatic nitrogens is 5. The zero-order valence-electron chi connectivity index (χ0n) is 11.6. The van der Waals surface area contributed by atoms with E-state index in [1.807, 2.05) is 13.1 Å². The molecule has 0 aromatic carbocycles. The fourth-order valence-electron chi connectivity index (χ4n) is 2.14. The van der Waals surface area contributed by atoms with Crippen molar-refractivity contribution in [2.24, 2.45) is 14.1 Å². The molecule has 7 heteroatoms. The molecule has 0 radical (unpaired) electrons. The highest BCUT2D eigenvalue weighted by Crippen LogP contribution is 2.22. The van der Waals surface area contributed by atoms with Crippen LogP contribution in [-0.4, -0.2) is 35.4 Å². The molecule has 0 aliphatic carbocycles. The molecule has 0 spiro atoms. The van der Waals surface area contributed by atoms with E-state index in [1.165, 1.54) is 0 Å². The highest BCUT2D eigenvalue weighted by molar-refractivity contribution is 5.88. The molecule has 21 heavy (non-hydrogen) atoms. The number of nitrogens with zero attached hydrogens (tertiary/aromatic N) is 5. The molecule has 0 fully saturated rings. The average molecular weight is 283 g/mol. The van der Waals surface area contributed by atoms with Gasteiger partial charge in [-0.25, -0.2) is 14.8 Å². The summed E-state index contributed by atoms with van der Waals surface area (Å²) < 4.78 is 3.26. The molecular weight excluding hydrogens is 270 g/mol. The molecular formula is C14H13N5O2. The molecule has 0 unspecified atom stereocenters. The molecule has 0 atom stereocenters. The number of carboxylic acids is 1. The summed E-state index contributed by atoms with van der Waals surface area (Å²) in [6.45, 7) is 0. The highest BCUT2D eigenvalue weighted by atomic mass is 16.4. The normalized spacial score (nSPS) is 10.8. The van der Waals surface area contributed by atoms with Crippen molar-refractivity contribution in [1.82, 2.24) is 24.3 Å². The fraction of sp³-hybridized carbons (Fsp3) is 0.143. The molecule has 3 rings (SSSR count). The van der Waals surface area contributed by atoms with E-state index in [4.69, 9.17) is 5.11 Å².